The zero-order valence-corrected chi connectivity index (χ0v) is 17.4. The first kappa shape index (κ1) is 20.3. The van der Waals surface area contributed by atoms with Crippen molar-refractivity contribution in [3.8, 4) is 0 Å². The zero-order valence-electron chi connectivity index (χ0n) is 14.4. The Bertz CT molecular complexity index is 687. The summed E-state index contributed by atoms with van der Waals surface area (Å²) >= 11 is 24.5. The van der Waals surface area contributed by atoms with E-state index in [1.54, 1.807) is 12.1 Å². The lowest BCUT2D eigenvalue weighted by Crippen LogP contribution is -2.49. The number of nitrogens with one attached hydrogen (secondary N) is 2. The molecule has 26 heavy (non-hydrogen) atoms. The van der Waals surface area contributed by atoms with Crippen LogP contribution in [0.2, 0.25) is 20.1 Å². The van der Waals surface area contributed by atoms with Crippen LogP contribution < -0.4 is 10.6 Å². The minimum absolute atomic E-state index is 0.404. The van der Waals surface area contributed by atoms with E-state index in [1.807, 2.05) is 24.3 Å². The maximum atomic E-state index is 6.29. The molecule has 2 nitrogen and oxygen atoms in total. The first-order chi connectivity index (χ1) is 12.5. The van der Waals surface area contributed by atoms with Crippen LogP contribution in [0.15, 0.2) is 36.4 Å². The van der Waals surface area contributed by atoms with Gasteiger partial charge >= 0.3 is 0 Å². The molecule has 0 unspecified atom stereocenters. The van der Waals surface area contributed by atoms with Crippen LogP contribution in [0.5, 0.6) is 0 Å². The van der Waals surface area contributed by atoms with Crippen LogP contribution >= 0.6 is 46.4 Å². The monoisotopic (exact) mass is 430 g/mol. The van der Waals surface area contributed by atoms with Crippen LogP contribution in [0.1, 0.15) is 36.8 Å². The Morgan fingerprint density at radius 3 is 1.50 bits per heavy atom. The first-order valence-corrected chi connectivity index (χ1v) is 10.4. The molecule has 0 radical (unpaired) electrons. The number of hydrogen-bond donors (Lipinski definition) is 2. The molecule has 1 saturated carbocycles. The van der Waals surface area contributed by atoms with Gasteiger partial charge in [0, 0.05) is 45.3 Å². The largest absolute Gasteiger partial charge is 0.308 e. The van der Waals surface area contributed by atoms with E-state index < -0.39 is 0 Å². The summed E-state index contributed by atoms with van der Waals surface area (Å²) in [5, 5.41) is 10.1. The van der Waals surface area contributed by atoms with Gasteiger partial charge in [-0.25, -0.2) is 0 Å². The van der Waals surface area contributed by atoms with Gasteiger partial charge in [0.25, 0.3) is 0 Å². The topological polar surface area (TPSA) is 24.1 Å². The molecule has 0 saturated heterocycles. The summed E-state index contributed by atoms with van der Waals surface area (Å²) in [6.07, 6.45) is 4.78. The molecule has 0 aliphatic heterocycles. The van der Waals surface area contributed by atoms with Crippen LogP contribution in [0.4, 0.5) is 0 Å². The smallest absolute Gasteiger partial charge is 0.0465 e. The summed E-state index contributed by atoms with van der Waals surface area (Å²) in [4.78, 5) is 0. The number of hydrogen-bond acceptors (Lipinski definition) is 2. The van der Waals surface area contributed by atoms with Crippen LogP contribution in [0.3, 0.4) is 0 Å². The molecule has 3 rings (SSSR count). The Kier molecular flexibility index (Phi) is 7.51. The molecule has 2 aromatic rings. The second kappa shape index (κ2) is 9.64. The summed E-state index contributed by atoms with van der Waals surface area (Å²) in [5.74, 6) is 0. The number of benzene rings is 2. The molecule has 2 atom stereocenters. The average Bonchev–Trinajstić information content (AvgIpc) is 2.61. The molecule has 140 valence electrons. The zero-order chi connectivity index (χ0) is 18.5. The molecule has 0 aromatic heterocycles. The normalized spacial score (nSPS) is 20.3. The van der Waals surface area contributed by atoms with E-state index >= 15 is 0 Å². The third-order valence-electron chi connectivity index (χ3n) is 4.91. The van der Waals surface area contributed by atoms with Gasteiger partial charge in [0.05, 0.1) is 0 Å². The van der Waals surface area contributed by atoms with Crippen LogP contribution in [0, 0.1) is 0 Å². The number of rotatable bonds is 6. The highest BCUT2D eigenvalue weighted by Crippen LogP contribution is 2.25. The van der Waals surface area contributed by atoms with Gasteiger partial charge in [-0.15, -0.1) is 0 Å². The van der Waals surface area contributed by atoms with Crippen molar-refractivity contribution in [2.24, 2.45) is 0 Å². The summed E-state index contributed by atoms with van der Waals surface area (Å²) in [5.41, 5.74) is 2.14. The minimum Gasteiger partial charge on any atom is -0.308 e. The van der Waals surface area contributed by atoms with E-state index in [9.17, 15) is 0 Å². The Labute approximate surface area is 175 Å². The lowest BCUT2D eigenvalue weighted by molar-refractivity contribution is 0.281. The molecule has 0 heterocycles. The molecule has 6 heteroatoms. The van der Waals surface area contributed by atoms with Gasteiger partial charge in [0.2, 0.25) is 0 Å². The van der Waals surface area contributed by atoms with Gasteiger partial charge in [-0.1, -0.05) is 71.4 Å². The van der Waals surface area contributed by atoms with Crippen LogP contribution in [-0.2, 0) is 13.1 Å². The highest BCUT2D eigenvalue weighted by atomic mass is 35.5. The summed E-state index contributed by atoms with van der Waals surface area (Å²) in [6, 6.07) is 12.1. The summed E-state index contributed by atoms with van der Waals surface area (Å²) in [7, 11) is 0. The van der Waals surface area contributed by atoms with Crippen molar-refractivity contribution in [1.29, 1.82) is 0 Å². The molecule has 2 N–H and O–H groups in total. The van der Waals surface area contributed by atoms with Crippen molar-refractivity contribution < 1.29 is 0 Å². The van der Waals surface area contributed by atoms with Gasteiger partial charge in [-0.2, -0.15) is 0 Å². The van der Waals surface area contributed by atoms with E-state index in [0.717, 1.165) is 37.1 Å². The first-order valence-electron chi connectivity index (χ1n) is 8.87. The Morgan fingerprint density at radius 2 is 1.12 bits per heavy atom. The summed E-state index contributed by atoms with van der Waals surface area (Å²) in [6.45, 7) is 1.47. The quantitative estimate of drug-likeness (QED) is 0.545. The van der Waals surface area contributed by atoms with Crippen molar-refractivity contribution in [1.82, 2.24) is 10.6 Å². The highest BCUT2D eigenvalue weighted by Gasteiger charge is 2.24. The van der Waals surface area contributed by atoms with Crippen molar-refractivity contribution in [3.05, 3.63) is 67.6 Å². The second-order valence-electron chi connectivity index (χ2n) is 6.73. The fraction of sp³-hybridized carbons (Fsp3) is 0.400. The minimum atomic E-state index is 0.404. The highest BCUT2D eigenvalue weighted by molar-refractivity contribution is 6.35. The van der Waals surface area contributed by atoms with Crippen LogP contribution in [-0.4, -0.2) is 12.1 Å². The van der Waals surface area contributed by atoms with Gasteiger partial charge < -0.3 is 10.6 Å². The molecule has 0 bridgehead atoms. The van der Waals surface area contributed by atoms with E-state index in [1.165, 1.54) is 12.8 Å². The molecular formula is C20H22Cl4N2. The van der Waals surface area contributed by atoms with Gasteiger partial charge in [0.15, 0.2) is 0 Å². The van der Waals surface area contributed by atoms with E-state index in [2.05, 4.69) is 10.6 Å². The fourth-order valence-electron chi connectivity index (χ4n) is 3.43. The summed E-state index contributed by atoms with van der Waals surface area (Å²) < 4.78 is 0. The molecule has 0 spiro atoms. The average molecular weight is 432 g/mol. The van der Waals surface area contributed by atoms with Crippen molar-refractivity contribution in [2.45, 2.75) is 50.9 Å². The Morgan fingerprint density at radius 1 is 0.692 bits per heavy atom. The molecule has 1 aliphatic rings. The predicted molar refractivity (Wildman–Crippen MR) is 113 cm³/mol. The number of halogens is 4. The standard InChI is InChI=1S/C20H22Cl4N2/c21-15-7-5-13(17(23)9-15)11-25-19-3-1-2-4-20(19)26-12-14-6-8-16(22)10-18(14)24/h5-10,19-20,25-26H,1-4,11-12H2/t19-,20-/m0/s1. The predicted octanol–water partition coefficient (Wildman–Crippen LogP) is 6.49. The molecule has 1 aliphatic carbocycles. The third kappa shape index (κ3) is 5.51. The van der Waals surface area contributed by atoms with E-state index in [0.29, 0.717) is 32.2 Å². The third-order valence-corrected chi connectivity index (χ3v) is 6.08. The fourth-order valence-corrected chi connectivity index (χ4v) is 4.38. The van der Waals surface area contributed by atoms with Crippen molar-refractivity contribution >= 4 is 46.4 Å². The van der Waals surface area contributed by atoms with Gasteiger partial charge in [-0.05, 0) is 48.2 Å². The SMILES string of the molecule is Clc1ccc(CN[C@H]2CCCC[C@@H]2NCc2ccc(Cl)cc2Cl)c(Cl)c1. The van der Waals surface area contributed by atoms with Crippen LogP contribution in [0.25, 0.3) is 0 Å². The molecule has 2 aromatic carbocycles. The van der Waals surface area contributed by atoms with E-state index in [4.69, 9.17) is 46.4 Å². The maximum Gasteiger partial charge on any atom is 0.0465 e. The lowest BCUT2D eigenvalue weighted by Gasteiger charge is -2.33. The Hall–Kier alpha value is -0.480. The lowest BCUT2D eigenvalue weighted by atomic mass is 9.90. The Balaban J connectivity index is 1.58. The van der Waals surface area contributed by atoms with Crippen molar-refractivity contribution in [2.75, 3.05) is 0 Å². The van der Waals surface area contributed by atoms with Gasteiger partial charge in [-0.3, -0.25) is 0 Å². The molecule has 0 amide bonds. The van der Waals surface area contributed by atoms with Gasteiger partial charge in [0.1, 0.15) is 0 Å². The second-order valence-corrected chi connectivity index (χ2v) is 8.42. The molecule has 1 fully saturated rings. The van der Waals surface area contributed by atoms with Crippen molar-refractivity contribution in [3.63, 3.8) is 0 Å². The maximum absolute atomic E-state index is 6.29. The molecular weight excluding hydrogens is 410 g/mol. The van der Waals surface area contributed by atoms with E-state index in [-0.39, 0.29) is 0 Å².